The Balaban J connectivity index is 3.81. The third-order valence-corrected chi connectivity index (χ3v) is 9.72. The molecule has 0 fully saturated rings. The molecule has 0 aliphatic rings. The normalized spacial score (nSPS) is 13.0. The van der Waals surface area contributed by atoms with Gasteiger partial charge in [-0.1, -0.05) is 154 Å². The van der Waals surface area contributed by atoms with Crippen molar-refractivity contribution in [2.45, 2.75) is 219 Å². The van der Waals surface area contributed by atoms with E-state index < -0.39 is 0 Å². The van der Waals surface area contributed by atoms with Gasteiger partial charge in [0.05, 0.1) is 40.4 Å². The third-order valence-electron chi connectivity index (χ3n) is 9.72. The molecule has 1 unspecified atom stereocenters. The van der Waals surface area contributed by atoms with Crippen LogP contribution < -0.4 is 0 Å². The van der Waals surface area contributed by atoms with Crippen molar-refractivity contribution in [3.8, 4) is 0 Å². The standard InChI is InChI=1S/C45H90NO2/c1-6-8-10-12-14-16-18-20-22-24-26-28-30-32-34-38-42-47-44-45(40-36-37-41-46(3,4)5)48-43-39-35-33-31-29-27-25-23-21-19-17-15-13-11-9-7-2/h20-23,45H,6-19,24-44H2,1-5H3/q+1/b22-20-,23-21-. The average Bonchev–Trinajstić information content (AvgIpc) is 3.06. The first-order chi connectivity index (χ1) is 23.5. The maximum Gasteiger partial charge on any atom is 0.0808 e. The summed E-state index contributed by atoms with van der Waals surface area (Å²) in [5.74, 6) is 0. The summed E-state index contributed by atoms with van der Waals surface area (Å²) < 4.78 is 13.6. The Hall–Kier alpha value is -0.640. The van der Waals surface area contributed by atoms with E-state index in [1.807, 2.05) is 0 Å². The number of allylic oxidation sites excluding steroid dienone is 4. The summed E-state index contributed by atoms with van der Waals surface area (Å²) in [4.78, 5) is 0. The lowest BCUT2D eigenvalue weighted by Crippen LogP contribution is -2.35. The number of rotatable bonds is 40. The molecule has 0 aromatic rings. The first kappa shape index (κ1) is 47.4. The smallest absolute Gasteiger partial charge is 0.0808 e. The van der Waals surface area contributed by atoms with Gasteiger partial charge in [-0.2, -0.15) is 0 Å². The van der Waals surface area contributed by atoms with Gasteiger partial charge in [-0.25, -0.2) is 0 Å². The summed E-state index contributed by atoms with van der Waals surface area (Å²) in [6, 6.07) is 0. The molecule has 0 spiro atoms. The van der Waals surface area contributed by atoms with Crippen LogP contribution in [-0.4, -0.2) is 58.1 Å². The zero-order chi connectivity index (χ0) is 35.1. The van der Waals surface area contributed by atoms with Crippen molar-refractivity contribution in [2.24, 2.45) is 0 Å². The number of hydrogen-bond donors (Lipinski definition) is 0. The number of nitrogens with zero attached hydrogens (tertiary/aromatic N) is 1. The summed E-state index contributed by atoms with van der Waals surface area (Å²) in [5.41, 5.74) is 0. The Morgan fingerprint density at radius 1 is 0.417 bits per heavy atom. The third kappa shape index (κ3) is 41.5. The van der Waals surface area contributed by atoms with Gasteiger partial charge in [-0.15, -0.1) is 0 Å². The molecule has 0 saturated carbocycles. The molecular weight excluding hydrogens is 587 g/mol. The van der Waals surface area contributed by atoms with Crippen LogP contribution in [0.1, 0.15) is 213 Å². The van der Waals surface area contributed by atoms with Crippen molar-refractivity contribution >= 4 is 0 Å². The topological polar surface area (TPSA) is 18.5 Å². The van der Waals surface area contributed by atoms with E-state index in [0.717, 1.165) is 30.7 Å². The van der Waals surface area contributed by atoms with E-state index in [2.05, 4.69) is 59.3 Å². The second-order valence-electron chi connectivity index (χ2n) is 16.0. The highest BCUT2D eigenvalue weighted by molar-refractivity contribution is 4.82. The van der Waals surface area contributed by atoms with Crippen molar-refractivity contribution in [1.82, 2.24) is 0 Å². The molecule has 286 valence electrons. The molecule has 0 bridgehead atoms. The van der Waals surface area contributed by atoms with Gasteiger partial charge in [-0.3, -0.25) is 0 Å². The molecule has 0 heterocycles. The minimum atomic E-state index is 0.273. The van der Waals surface area contributed by atoms with Gasteiger partial charge in [-0.05, 0) is 83.5 Å². The molecule has 0 aliphatic carbocycles. The van der Waals surface area contributed by atoms with Gasteiger partial charge >= 0.3 is 0 Å². The van der Waals surface area contributed by atoms with Crippen molar-refractivity contribution < 1.29 is 14.0 Å². The van der Waals surface area contributed by atoms with E-state index in [9.17, 15) is 0 Å². The largest absolute Gasteiger partial charge is 0.379 e. The summed E-state index contributed by atoms with van der Waals surface area (Å²) >= 11 is 0. The SMILES string of the molecule is CCCCCCCC/C=C\CCCCCCCCOCC(CCCC[N+](C)(C)C)OCCCCCCCC/C=C\CCCCCCCC. The predicted octanol–water partition coefficient (Wildman–Crippen LogP) is 14.3. The van der Waals surface area contributed by atoms with Gasteiger partial charge in [0.15, 0.2) is 0 Å². The summed E-state index contributed by atoms with van der Waals surface area (Å²) in [5, 5.41) is 0. The summed E-state index contributed by atoms with van der Waals surface area (Å²) in [7, 11) is 6.88. The van der Waals surface area contributed by atoms with Crippen LogP contribution in [0.4, 0.5) is 0 Å². The molecule has 0 radical (unpaired) electrons. The maximum atomic E-state index is 6.38. The highest BCUT2D eigenvalue weighted by atomic mass is 16.5. The molecule has 0 aromatic carbocycles. The van der Waals surface area contributed by atoms with E-state index in [4.69, 9.17) is 9.47 Å². The fraction of sp³-hybridized carbons (Fsp3) is 0.911. The fourth-order valence-corrected chi connectivity index (χ4v) is 6.44. The van der Waals surface area contributed by atoms with E-state index >= 15 is 0 Å². The first-order valence-electron chi connectivity index (χ1n) is 21.8. The van der Waals surface area contributed by atoms with Gasteiger partial charge in [0, 0.05) is 13.2 Å². The molecule has 1 atom stereocenters. The molecule has 0 N–H and O–H groups in total. The van der Waals surface area contributed by atoms with Crippen molar-refractivity contribution in [3.63, 3.8) is 0 Å². The maximum absolute atomic E-state index is 6.38. The van der Waals surface area contributed by atoms with E-state index in [1.54, 1.807) is 0 Å². The second-order valence-corrected chi connectivity index (χ2v) is 16.0. The number of quaternary nitrogens is 1. The van der Waals surface area contributed by atoms with Gasteiger partial charge in [0.25, 0.3) is 0 Å². The lowest BCUT2D eigenvalue weighted by Gasteiger charge is -2.24. The lowest BCUT2D eigenvalue weighted by molar-refractivity contribution is -0.870. The highest BCUT2D eigenvalue weighted by Gasteiger charge is 2.12. The number of ether oxygens (including phenoxy) is 2. The van der Waals surface area contributed by atoms with E-state index in [1.165, 1.54) is 199 Å². The average molecular weight is 677 g/mol. The lowest BCUT2D eigenvalue weighted by atomic mass is 10.1. The first-order valence-corrected chi connectivity index (χ1v) is 21.8. The summed E-state index contributed by atoms with van der Waals surface area (Å²) in [6.07, 6.45) is 51.5. The second kappa shape index (κ2) is 39.2. The van der Waals surface area contributed by atoms with E-state index in [-0.39, 0.29) is 6.10 Å². The molecular formula is C45H90NO2+. The minimum absolute atomic E-state index is 0.273. The zero-order valence-electron chi connectivity index (χ0n) is 33.9. The van der Waals surface area contributed by atoms with Crippen LogP contribution in [0, 0.1) is 0 Å². The van der Waals surface area contributed by atoms with E-state index in [0.29, 0.717) is 0 Å². The number of unbranched alkanes of at least 4 members (excludes halogenated alkanes) is 25. The van der Waals surface area contributed by atoms with Crippen LogP contribution in [0.3, 0.4) is 0 Å². The Labute approximate surface area is 304 Å². The summed E-state index contributed by atoms with van der Waals surface area (Å²) in [6.45, 7) is 8.40. The molecule has 3 heteroatoms. The Morgan fingerprint density at radius 3 is 1.21 bits per heavy atom. The molecule has 3 nitrogen and oxygen atoms in total. The zero-order valence-corrected chi connectivity index (χ0v) is 33.9. The monoisotopic (exact) mass is 677 g/mol. The quantitative estimate of drug-likeness (QED) is 0.0365. The van der Waals surface area contributed by atoms with Gasteiger partial charge in [0.1, 0.15) is 0 Å². The predicted molar refractivity (Wildman–Crippen MR) is 216 cm³/mol. The molecule has 0 saturated heterocycles. The van der Waals surface area contributed by atoms with Crippen molar-refractivity contribution in [1.29, 1.82) is 0 Å². The van der Waals surface area contributed by atoms with Crippen LogP contribution in [0.25, 0.3) is 0 Å². The fourth-order valence-electron chi connectivity index (χ4n) is 6.44. The molecule has 0 aliphatic heterocycles. The highest BCUT2D eigenvalue weighted by Crippen LogP contribution is 2.14. The molecule has 48 heavy (non-hydrogen) atoms. The molecule has 0 rings (SSSR count). The van der Waals surface area contributed by atoms with Crippen molar-refractivity contribution in [2.75, 3.05) is 47.5 Å². The Kier molecular flexibility index (Phi) is 38.6. The van der Waals surface area contributed by atoms with Crippen LogP contribution in [0.2, 0.25) is 0 Å². The van der Waals surface area contributed by atoms with Crippen LogP contribution >= 0.6 is 0 Å². The van der Waals surface area contributed by atoms with Crippen LogP contribution in [0.5, 0.6) is 0 Å². The van der Waals surface area contributed by atoms with Crippen molar-refractivity contribution in [3.05, 3.63) is 24.3 Å². The molecule has 0 aromatic heterocycles. The van der Waals surface area contributed by atoms with Crippen LogP contribution in [-0.2, 0) is 9.47 Å². The number of hydrogen-bond acceptors (Lipinski definition) is 2. The minimum Gasteiger partial charge on any atom is -0.379 e. The Morgan fingerprint density at radius 2 is 0.792 bits per heavy atom. The van der Waals surface area contributed by atoms with Gasteiger partial charge in [0.2, 0.25) is 0 Å². The Bertz CT molecular complexity index is 652. The van der Waals surface area contributed by atoms with Crippen LogP contribution in [0.15, 0.2) is 24.3 Å². The van der Waals surface area contributed by atoms with Gasteiger partial charge < -0.3 is 14.0 Å². The molecule has 0 amide bonds.